The lowest BCUT2D eigenvalue weighted by molar-refractivity contribution is -0.119. The Bertz CT molecular complexity index is 1150. The van der Waals surface area contributed by atoms with Gasteiger partial charge in [0.1, 0.15) is 0 Å². The van der Waals surface area contributed by atoms with Gasteiger partial charge in [-0.25, -0.2) is 0 Å². The molecule has 0 aliphatic carbocycles. The summed E-state index contributed by atoms with van der Waals surface area (Å²) in [7, 11) is 0. The van der Waals surface area contributed by atoms with Crippen molar-refractivity contribution in [3.05, 3.63) is 77.9 Å². The number of aromatic nitrogens is 4. The van der Waals surface area contributed by atoms with Gasteiger partial charge in [-0.3, -0.25) is 4.79 Å². The Labute approximate surface area is 173 Å². The number of thioether (sulfide) groups is 1. The van der Waals surface area contributed by atoms with E-state index < -0.39 is 0 Å². The molecule has 29 heavy (non-hydrogen) atoms. The number of aryl methyl sites for hydroxylation is 1. The molecule has 146 valence electrons. The van der Waals surface area contributed by atoms with Crippen molar-refractivity contribution < 1.29 is 4.79 Å². The van der Waals surface area contributed by atoms with Crippen molar-refractivity contribution in [2.75, 3.05) is 5.75 Å². The quantitative estimate of drug-likeness (QED) is 0.491. The van der Waals surface area contributed by atoms with E-state index in [1.54, 1.807) is 4.68 Å². The maximum absolute atomic E-state index is 12.6. The Balaban J connectivity index is 1.44. The topological polar surface area (TPSA) is 72.7 Å². The van der Waals surface area contributed by atoms with E-state index in [0.29, 0.717) is 5.16 Å². The molecule has 0 aliphatic heterocycles. The van der Waals surface area contributed by atoms with E-state index >= 15 is 0 Å². The molecule has 3 aromatic carbocycles. The van der Waals surface area contributed by atoms with Crippen molar-refractivity contribution >= 4 is 28.4 Å². The number of nitrogens with zero attached hydrogens (tertiary/aromatic N) is 4. The lowest BCUT2D eigenvalue weighted by Crippen LogP contribution is -2.28. The number of para-hydroxylation sites is 1. The van der Waals surface area contributed by atoms with Gasteiger partial charge in [0.05, 0.1) is 17.5 Å². The number of nitrogens with one attached hydrogen (secondary N) is 1. The van der Waals surface area contributed by atoms with Crippen LogP contribution in [0.5, 0.6) is 0 Å². The van der Waals surface area contributed by atoms with Crippen LogP contribution in [0, 0.1) is 6.92 Å². The molecule has 0 fully saturated rings. The van der Waals surface area contributed by atoms with Gasteiger partial charge in [-0.1, -0.05) is 72.4 Å². The number of carbonyl (C=O) groups is 1. The molecule has 1 heterocycles. The summed E-state index contributed by atoms with van der Waals surface area (Å²) < 4.78 is 1.67. The summed E-state index contributed by atoms with van der Waals surface area (Å²) in [5.74, 6) is 0.177. The van der Waals surface area contributed by atoms with Crippen LogP contribution in [-0.4, -0.2) is 31.9 Å². The third kappa shape index (κ3) is 4.14. The largest absolute Gasteiger partial charge is 0.349 e. The van der Waals surface area contributed by atoms with E-state index in [0.717, 1.165) is 27.6 Å². The van der Waals surface area contributed by atoms with E-state index in [-0.39, 0.29) is 17.7 Å². The number of fused-ring (bicyclic) bond motifs is 1. The molecule has 4 rings (SSSR count). The van der Waals surface area contributed by atoms with Gasteiger partial charge in [-0.05, 0) is 52.2 Å². The summed E-state index contributed by atoms with van der Waals surface area (Å²) in [6.45, 7) is 4.01. The molecule has 1 unspecified atom stereocenters. The molecule has 1 aromatic heterocycles. The second-order valence-corrected chi connectivity index (χ2v) is 7.75. The minimum Gasteiger partial charge on any atom is -0.349 e. The van der Waals surface area contributed by atoms with Crippen LogP contribution in [0.3, 0.4) is 0 Å². The zero-order chi connectivity index (χ0) is 20.2. The fraction of sp³-hybridized carbons (Fsp3) is 0.182. The van der Waals surface area contributed by atoms with Gasteiger partial charge in [-0.2, -0.15) is 4.68 Å². The van der Waals surface area contributed by atoms with Crippen LogP contribution in [0.1, 0.15) is 24.1 Å². The Hall–Kier alpha value is -3.19. The predicted molar refractivity (Wildman–Crippen MR) is 115 cm³/mol. The van der Waals surface area contributed by atoms with E-state index in [2.05, 4.69) is 45.1 Å². The normalized spacial score (nSPS) is 12.1. The number of hydrogen-bond donors (Lipinski definition) is 1. The molecule has 0 radical (unpaired) electrons. The Morgan fingerprint density at radius 2 is 1.83 bits per heavy atom. The highest BCUT2D eigenvalue weighted by atomic mass is 32.2. The maximum atomic E-state index is 12.6. The number of tetrazole rings is 1. The number of hydrogen-bond acceptors (Lipinski definition) is 5. The van der Waals surface area contributed by atoms with Crippen molar-refractivity contribution in [2.45, 2.75) is 25.0 Å². The third-order valence-electron chi connectivity index (χ3n) is 4.78. The number of rotatable bonds is 6. The highest BCUT2D eigenvalue weighted by Gasteiger charge is 2.15. The molecule has 7 heteroatoms. The second-order valence-electron chi connectivity index (χ2n) is 6.81. The SMILES string of the molecule is Cc1ccccc1-n1nnnc1SCC(=O)NC(C)c1cccc2ccccc12. The van der Waals surface area contributed by atoms with Crippen LogP contribution in [0.15, 0.2) is 71.9 Å². The van der Waals surface area contributed by atoms with Gasteiger partial charge in [0.25, 0.3) is 0 Å². The van der Waals surface area contributed by atoms with Crippen molar-refractivity contribution in [2.24, 2.45) is 0 Å². The summed E-state index contributed by atoms with van der Waals surface area (Å²) in [5, 5.41) is 17.9. The molecule has 0 bridgehead atoms. The minimum absolute atomic E-state index is 0.0604. The average Bonchev–Trinajstić information content (AvgIpc) is 3.20. The summed E-state index contributed by atoms with van der Waals surface area (Å²) in [6.07, 6.45) is 0. The van der Waals surface area contributed by atoms with Crippen LogP contribution >= 0.6 is 11.8 Å². The minimum atomic E-state index is -0.0958. The zero-order valence-corrected chi connectivity index (χ0v) is 17.1. The maximum Gasteiger partial charge on any atom is 0.230 e. The molecule has 4 aromatic rings. The van der Waals surface area contributed by atoms with Gasteiger partial charge in [0.15, 0.2) is 0 Å². The fourth-order valence-electron chi connectivity index (χ4n) is 3.34. The molecular weight excluding hydrogens is 382 g/mol. The highest BCUT2D eigenvalue weighted by Crippen LogP contribution is 2.25. The smallest absolute Gasteiger partial charge is 0.230 e. The standard InChI is InChI=1S/C22H21N5OS/c1-15-8-3-6-13-20(15)27-22(24-25-26-27)29-14-21(28)23-16(2)18-12-7-10-17-9-4-5-11-19(17)18/h3-13,16H,14H2,1-2H3,(H,23,28). The number of carbonyl (C=O) groups excluding carboxylic acids is 1. The lowest BCUT2D eigenvalue weighted by Gasteiger charge is -2.16. The van der Waals surface area contributed by atoms with E-state index in [1.807, 2.05) is 56.3 Å². The number of benzene rings is 3. The van der Waals surface area contributed by atoms with E-state index in [4.69, 9.17) is 0 Å². The number of amides is 1. The van der Waals surface area contributed by atoms with Crippen LogP contribution in [0.25, 0.3) is 16.5 Å². The molecule has 0 spiro atoms. The molecule has 1 N–H and O–H groups in total. The molecular formula is C22H21N5OS. The first kappa shape index (κ1) is 19.1. The van der Waals surface area contributed by atoms with Gasteiger partial charge in [0.2, 0.25) is 11.1 Å². The lowest BCUT2D eigenvalue weighted by atomic mass is 10.00. The zero-order valence-electron chi connectivity index (χ0n) is 16.2. The monoisotopic (exact) mass is 403 g/mol. The van der Waals surface area contributed by atoms with Gasteiger partial charge in [0, 0.05) is 0 Å². The summed E-state index contributed by atoms with van der Waals surface area (Å²) in [4.78, 5) is 12.6. The molecule has 1 amide bonds. The molecule has 0 aliphatic rings. The molecule has 6 nitrogen and oxygen atoms in total. The third-order valence-corrected chi connectivity index (χ3v) is 5.70. The molecule has 0 saturated carbocycles. The average molecular weight is 404 g/mol. The summed E-state index contributed by atoms with van der Waals surface area (Å²) in [6, 6.07) is 22.1. The first-order chi connectivity index (χ1) is 14.1. The summed E-state index contributed by atoms with van der Waals surface area (Å²) >= 11 is 1.32. The van der Waals surface area contributed by atoms with Crippen LogP contribution < -0.4 is 5.32 Å². The first-order valence-corrected chi connectivity index (χ1v) is 10.4. The van der Waals surface area contributed by atoms with Crippen LogP contribution in [0.4, 0.5) is 0 Å². The van der Waals surface area contributed by atoms with E-state index in [9.17, 15) is 4.79 Å². The van der Waals surface area contributed by atoms with Crippen molar-refractivity contribution in [1.82, 2.24) is 25.5 Å². The summed E-state index contributed by atoms with van der Waals surface area (Å²) in [5.41, 5.74) is 3.08. The van der Waals surface area contributed by atoms with Crippen LogP contribution in [-0.2, 0) is 4.79 Å². The van der Waals surface area contributed by atoms with Gasteiger partial charge < -0.3 is 5.32 Å². The molecule has 1 atom stereocenters. The first-order valence-electron chi connectivity index (χ1n) is 9.37. The Kier molecular flexibility index (Phi) is 5.57. The second kappa shape index (κ2) is 8.45. The predicted octanol–water partition coefficient (Wildman–Crippen LogP) is 4.09. The Morgan fingerprint density at radius 1 is 1.07 bits per heavy atom. The van der Waals surface area contributed by atoms with Crippen molar-refractivity contribution in [3.63, 3.8) is 0 Å². The van der Waals surface area contributed by atoms with Gasteiger partial charge in [-0.15, -0.1) is 5.10 Å². The van der Waals surface area contributed by atoms with E-state index in [1.165, 1.54) is 11.8 Å². The van der Waals surface area contributed by atoms with Crippen molar-refractivity contribution in [3.8, 4) is 5.69 Å². The Morgan fingerprint density at radius 3 is 2.69 bits per heavy atom. The highest BCUT2D eigenvalue weighted by molar-refractivity contribution is 7.99. The van der Waals surface area contributed by atoms with Gasteiger partial charge >= 0.3 is 0 Å². The van der Waals surface area contributed by atoms with Crippen LogP contribution in [0.2, 0.25) is 0 Å². The fourth-order valence-corrected chi connectivity index (χ4v) is 4.04. The van der Waals surface area contributed by atoms with Crippen molar-refractivity contribution in [1.29, 1.82) is 0 Å². The molecule has 0 saturated heterocycles.